The molecular weight excluding hydrogens is 1400 g/mol. The first-order chi connectivity index (χ1) is 52.7. The first-order valence-electron chi connectivity index (χ1n) is 41.7. The Morgan fingerprint density at radius 2 is 0.481 bits per heavy atom. The molecule has 0 aliphatic rings. The van der Waals surface area contributed by atoms with Gasteiger partial charge in [0, 0.05) is 25.7 Å². The van der Waals surface area contributed by atoms with Crippen LogP contribution >= 0.6 is 15.6 Å². The van der Waals surface area contributed by atoms with E-state index in [0.29, 0.717) is 25.7 Å². The van der Waals surface area contributed by atoms with E-state index in [2.05, 4.69) is 186 Å². The summed E-state index contributed by atoms with van der Waals surface area (Å²) in [6.45, 7) is 4.53. The Hall–Kier alpha value is -5.32. The molecule has 0 aromatic rings. The normalized spacial score (nSPS) is 14.6. The molecule has 0 heterocycles. The first-order valence-corrected chi connectivity index (χ1v) is 44.7. The zero-order valence-corrected chi connectivity index (χ0v) is 69.3. The molecule has 0 amide bonds. The van der Waals surface area contributed by atoms with Gasteiger partial charge in [0.2, 0.25) is 0 Å². The highest BCUT2D eigenvalue weighted by atomic mass is 31.2. The molecule has 616 valence electrons. The van der Waals surface area contributed by atoms with Crippen LogP contribution in [-0.4, -0.2) is 96.7 Å². The first kappa shape index (κ1) is 103. The molecule has 108 heavy (non-hydrogen) atoms. The van der Waals surface area contributed by atoms with Crippen LogP contribution in [0.5, 0.6) is 0 Å². The number of carbonyl (C=O) groups is 4. The molecule has 0 rings (SSSR count). The van der Waals surface area contributed by atoms with Crippen LogP contribution in [-0.2, 0) is 65.4 Å². The highest BCUT2D eigenvalue weighted by Crippen LogP contribution is 2.45. The third kappa shape index (κ3) is 78.8. The number of esters is 4. The van der Waals surface area contributed by atoms with Gasteiger partial charge in [-0.1, -0.05) is 282 Å². The monoisotopic (exact) mass is 1550 g/mol. The summed E-state index contributed by atoms with van der Waals surface area (Å²) in [7, 11) is -10.00. The summed E-state index contributed by atoms with van der Waals surface area (Å²) in [5, 5.41) is 10.7. The summed E-state index contributed by atoms with van der Waals surface area (Å²) < 4.78 is 68.7. The molecule has 0 saturated carbocycles. The van der Waals surface area contributed by atoms with Crippen molar-refractivity contribution in [3.05, 3.63) is 158 Å². The van der Waals surface area contributed by atoms with Gasteiger partial charge in [-0.3, -0.25) is 37.3 Å². The van der Waals surface area contributed by atoms with Crippen molar-refractivity contribution in [3.8, 4) is 0 Å². The Kier molecular flexibility index (Phi) is 75.8. The highest BCUT2D eigenvalue weighted by molar-refractivity contribution is 7.47. The average molecular weight is 1550 g/mol. The van der Waals surface area contributed by atoms with Crippen LogP contribution in [0.4, 0.5) is 0 Å². The van der Waals surface area contributed by atoms with Crippen LogP contribution in [0.3, 0.4) is 0 Å². The third-order valence-corrected chi connectivity index (χ3v) is 18.9. The third-order valence-electron chi connectivity index (χ3n) is 17.0. The van der Waals surface area contributed by atoms with Gasteiger partial charge in [0.1, 0.15) is 19.3 Å². The van der Waals surface area contributed by atoms with Crippen molar-refractivity contribution < 1.29 is 80.2 Å². The van der Waals surface area contributed by atoms with E-state index in [-0.39, 0.29) is 25.7 Å². The lowest BCUT2D eigenvalue weighted by Gasteiger charge is -2.21. The Morgan fingerprint density at radius 3 is 0.778 bits per heavy atom. The minimum absolute atomic E-state index is 0.0537. The minimum atomic E-state index is -5.00. The SMILES string of the molecule is CC/C=C\C/C=C\C/C=C\C/C=C\C/C=C\CCCCCC(=O)OCC(COP(=O)(O)OCC(O)COP(=O)(O)OCC(COC(=O)CCCCCCCC/C=C\C/C=C\C/C=C\CCCCC)OC(=O)CCCCCCC/C=C\CCCCCC)OC(=O)CCCCCC/C=C\C/C=C\C/C=C\C/C=C\CC. The number of phosphoric acid groups is 2. The molecule has 0 aromatic heterocycles. The average Bonchev–Trinajstić information content (AvgIpc) is 0.886. The van der Waals surface area contributed by atoms with Crippen molar-refractivity contribution in [1.29, 1.82) is 0 Å². The van der Waals surface area contributed by atoms with E-state index in [4.69, 9.17) is 37.0 Å². The molecule has 0 spiro atoms. The maximum absolute atomic E-state index is 13.1. The number of rotatable bonds is 77. The van der Waals surface area contributed by atoms with Gasteiger partial charge >= 0.3 is 39.5 Å². The molecule has 0 aliphatic heterocycles. The van der Waals surface area contributed by atoms with E-state index < -0.39 is 97.5 Å². The molecule has 5 unspecified atom stereocenters. The summed E-state index contributed by atoms with van der Waals surface area (Å²) in [5.41, 5.74) is 0. The lowest BCUT2D eigenvalue weighted by Crippen LogP contribution is -2.30. The fourth-order valence-electron chi connectivity index (χ4n) is 10.7. The standard InChI is InChI=1S/C89H148O17P2/c1-5-9-13-17-21-25-29-33-36-39-41-44-46-50-53-57-61-65-69-73-86(91)99-79-84(105-88(93)75-71-67-63-59-55-49-32-28-24-20-16-12-8-4)81-103-107(95,96)101-77-83(90)78-102-108(97,98)104-82-85(106-89(94)76-72-68-64-60-56-52-48-43-38-35-31-27-23-19-15-11-7-3)80-100-87(92)74-70-66-62-58-54-51-47-45-42-40-37-34-30-26-22-18-14-10-6-2/h10-11,14-15,21-23,25-28,32-38,41-42,44-45,48,51-52,54,83-85,90H,5-9,12-13,16-20,24,29-31,39-40,43,46-47,49-50,53,55-82H2,1-4H3,(H,95,96)(H,97,98)/b14-10-,15-11-,25-21-,26-22-,27-23-,32-28-,36-33-,37-34-,38-35-,44-41-,45-42-,52-48-,54-51-. The van der Waals surface area contributed by atoms with Gasteiger partial charge in [-0.05, 0) is 173 Å². The van der Waals surface area contributed by atoms with E-state index in [9.17, 15) is 43.2 Å². The van der Waals surface area contributed by atoms with Gasteiger partial charge in [-0.2, -0.15) is 0 Å². The van der Waals surface area contributed by atoms with Crippen LogP contribution in [0.15, 0.2) is 158 Å². The molecule has 0 aliphatic carbocycles. The number of aliphatic hydroxyl groups is 1. The second kappa shape index (κ2) is 79.8. The summed E-state index contributed by atoms with van der Waals surface area (Å²) in [6.07, 6.45) is 93.5. The Labute approximate surface area is 655 Å². The van der Waals surface area contributed by atoms with Gasteiger partial charge in [0.05, 0.1) is 26.4 Å². The Morgan fingerprint density at radius 1 is 0.269 bits per heavy atom. The quantitative estimate of drug-likeness (QED) is 0.0169. The van der Waals surface area contributed by atoms with Crippen LogP contribution in [0.1, 0.15) is 323 Å². The lowest BCUT2D eigenvalue weighted by atomic mass is 10.1. The zero-order valence-electron chi connectivity index (χ0n) is 67.5. The largest absolute Gasteiger partial charge is 0.472 e. The summed E-state index contributed by atoms with van der Waals surface area (Å²) in [5.74, 6) is -2.26. The number of unbranched alkanes of at least 4 members (excludes halogenated alkanes) is 25. The van der Waals surface area contributed by atoms with Crippen LogP contribution in [0.2, 0.25) is 0 Å². The van der Waals surface area contributed by atoms with Crippen molar-refractivity contribution >= 4 is 39.5 Å². The number of aliphatic hydroxyl groups excluding tert-OH is 1. The minimum Gasteiger partial charge on any atom is -0.462 e. The van der Waals surface area contributed by atoms with Crippen molar-refractivity contribution in [2.24, 2.45) is 0 Å². The molecule has 0 bridgehead atoms. The Balaban J connectivity index is 5.43. The molecule has 0 aromatic carbocycles. The molecule has 3 N–H and O–H groups in total. The van der Waals surface area contributed by atoms with Crippen LogP contribution in [0, 0.1) is 0 Å². The second-order valence-corrected chi connectivity index (χ2v) is 30.2. The maximum atomic E-state index is 13.1. The van der Waals surface area contributed by atoms with E-state index in [0.717, 1.165) is 199 Å². The molecule has 19 heteroatoms. The summed E-state index contributed by atoms with van der Waals surface area (Å²) >= 11 is 0. The van der Waals surface area contributed by atoms with Crippen molar-refractivity contribution in [2.75, 3.05) is 39.6 Å². The molecule has 0 radical (unpaired) electrons. The summed E-state index contributed by atoms with van der Waals surface area (Å²) in [4.78, 5) is 73.2. The van der Waals surface area contributed by atoms with Crippen molar-refractivity contribution in [1.82, 2.24) is 0 Å². The van der Waals surface area contributed by atoms with Crippen LogP contribution < -0.4 is 0 Å². The smallest absolute Gasteiger partial charge is 0.462 e. The second-order valence-electron chi connectivity index (χ2n) is 27.3. The fraction of sp³-hybridized carbons (Fsp3) is 0.663. The molecular formula is C89H148O17P2. The van der Waals surface area contributed by atoms with Gasteiger partial charge in [-0.15, -0.1) is 0 Å². The van der Waals surface area contributed by atoms with Gasteiger partial charge in [0.15, 0.2) is 12.2 Å². The zero-order chi connectivity index (χ0) is 78.9. The van der Waals surface area contributed by atoms with Crippen LogP contribution in [0.25, 0.3) is 0 Å². The predicted octanol–water partition coefficient (Wildman–Crippen LogP) is 24.8. The molecule has 17 nitrogen and oxygen atoms in total. The Bertz CT molecular complexity index is 2660. The van der Waals surface area contributed by atoms with Gasteiger partial charge in [0.25, 0.3) is 0 Å². The number of carbonyl (C=O) groups excluding carboxylic acids is 4. The number of phosphoric ester groups is 2. The predicted molar refractivity (Wildman–Crippen MR) is 445 cm³/mol. The molecule has 0 saturated heterocycles. The number of ether oxygens (including phenoxy) is 4. The van der Waals surface area contributed by atoms with E-state index in [1.165, 1.54) is 44.9 Å². The highest BCUT2D eigenvalue weighted by Gasteiger charge is 2.30. The number of allylic oxidation sites excluding steroid dienone is 26. The van der Waals surface area contributed by atoms with E-state index in [1.54, 1.807) is 0 Å². The van der Waals surface area contributed by atoms with E-state index >= 15 is 0 Å². The number of hydrogen-bond acceptors (Lipinski definition) is 15. The topological polar surface area (TPSA) is 237 Å². The molecule has 5 atom stereocenters. The van der Waals surface area contributed by atoms with Gasteiger partial charge in [-0.25, -0.2) is 9.13 Å². The molecule has 0 fully saturated rings. The number of hydrogen-bond donors (Lipinski definition) is 3. The van der Waals surface area contributed by atoms with Crippen molar-refractivity contribution in [2.45, 2.75) is 341 Å². The summed E-state index contributed by atoms with van der Waals surface area (Å²) in [6, 6.07) is 0. The lowest BCUT2D eigenvalue weighted by molar-refractivity contribution is -0.161. The maximum Gasteiger partial charge on any atom is 0.472 e. The fourth-order valence-corrected chi connectivity index (χ4v) is 12.2. The van der Waals surface area contributed by atoms with Gasteiger partial charge < -0.3 is 33.8 Å². The van der Waals surface area contributed by atoms with E-state index in [1.807, 2.05) is 0 Å². The van der Waals surface area contributed by atoms with Crippen molar-refractivity contribution in [3.63, 3.8) is 0 Å².